The topological polar surface area (TPSA) is 62.2 Å². The van der Waals surface area contributed by atoms with Crippen molar-refractivity contribution in [2.24, 2.45) is 5.92 Å². The summed E-state index contributed by atoms with van der Waals surface area (Å²) < 4.78 is 0. The van der Waals surface area contributed by atoms with Crippen LogP contribution in [-0.4, -0.2) is 28.6 Å². The Morgan fingerprint density at radius 1 is 1.50 bits per heavy atom. The molecule has 1 aliphatic carbocycles. The number of aliphatic hydroxyl groups excluding tert-OH is 1. The van der Waals surface area contributed by atoms with E-state index in [-0.39, 0.29) is 12.3 Å². The van der Waals surface area contributed by atoms with Gasteiger partial charge >= 0.3 is 0 Å². The van der Waals surface area contributed by atoms with Crippen LogP contribution in [0.3, 0.4) is 0 Å². The van der Waals surface area contributed by atoms with Crippen LogP contribution in [-0.2, 0) is 11.2 Å². The first-order valence-electron chi connectivity index (χ1n) is 6.65. The molecular formula is C14H16N2O2S2. The second-order valence-corrected chi connectivity index (χ2v) is 6.81. The lowest BCUT2D eigenvalue weighted by Gasteiger charge is -2.09. The molecular weight excluding hydrogens is 292 g/mol. The highest BCUT2D eigenvalue weighted by molar-refractivity contribution is 7.20. The van der Waals surface area contributed by atoms with Crippen molar-refractivity contribution in [2.75, 3.05) is 6.54 Å². The van der Waals surface area contributed by atoms with E-state index in [4.69, 9.17) is 0 Å². The number of thiophene rings is 1. The first kappa shape index (κ1) is 13.7. The van der Waals surface area contributed by atoms with Gasteiger partial charge in [-0.1, -0.05) is 6.07 Å². The number of aromatic nitrogens is 1. The summed E-state index contributed by atoms with van der Waals surface area (Å²) in [5.74, 6) is 0.313. The molecule has 0 radical (unpaired) electrons. The molecule has 2 N–H and O–H groups in total. The lowest BCUT2D eigenvalue weighted by Crippen LogP contribution is -2.34. The first-order valence-corrected chi connectivity index (χ1v) is 8.41. The largest absolute Gasteiger partial charge is 0.391 e. The molecule has 0 bridgehead atoms. The Bertz CT molecular complexity index is 576. The summed E-state index contributed by atoms with van der Waals surface area (Å²) in [5.41, 5.74) is 0.789. The van der Waals surface area contributed by atoms with E-state index in [9.17, 15) is 9.90 Å². The number of hydrogen-bond acceptors (Lipinski definition) is 5. The smallest absolute Gasteiger partial charge is 0.226 e. The van der Waals surface area contributed by atoms with Crippen molar-refractivity contribution < 1.29 is 9.90 Å². The third kappa shape index (κ3) is 3.45. The summed E-state index contributed by atoms with van der Waals surface area (Å²) in [5, 5.41) is 17.4. The normalized spacial score (nSPS) is 16.1. The van der Waals surface area contributed by atoms with Gasteiger partial charge in [0.05, 0.1) is 23.1 Å². The summed E-state index contributed by atoms with van der Waals surface area (Å²) >= 11 is 3.21. The lowest BCUT2D eigenvalue weighted by atomic mass is 10.2. The fraction of sp³-hybridized carbons (Fsp3) is 0.429. The van der Waals surface area contributed by atoms with Gasteiger partial charge in [0.1, 0.15) is 5.01 Å². The third-order valence-electron chi connectivity index (χ3n) is 3.30. The predicted octanol–water partition coefficient (Wildman–Crippen LogP) is 2.30. The molecule has 2 heterocycles. The van der Waals surface area contributed by atoms with Crippen molar-refractivity contribution in [3.8, 4) is 9.88 Å². The maximum Gasteiger partial charge on any atom is 0.226 e. The number of thiazole rings is 1. The van der Waals surface area contributed by atoms with Crippen molar-refractivity contribution in [3.05, 3.63) is 28.6 Å². The van der Waals surface area contributed by atoms with E-state index >= 15 is 0 Å². The van der Waals surface area contributed by atoms with E-state index in [0.717, 1.165) is 28.4 Å². The predicted molar refractivity (Wildman–Crippen MR) is 80.9 cm³/mol. The Balaban J connectivity index is 1.51. The van der Waals surface area contributed by atoms with Crippen LogP contribution in [0.1, 0.15) is 18.5 Å². The number of amides is 1. The molecule has 0 aliphatic heterocycles. The summed E-state index contributed by atoms with van der Waals surface area (Å²) in [7, 11) is 0. The quantitative estimate of drug-likeness (QED) is 0.861. The number of aliphatic hydroxyl groups is 1. The molecule has 6 heteroatoms. The molecule has 1 atom stereocenters. The fourth-order valence-corrected chi connectivity index (χ4v) is 3.63. The number of carbonyl (C=O) groups excluding carboxylic acids is 1. The molecule has 0 spiro atoms. The zero-order chi connectivity index (χ0) is 13.9. The molecule has 4 nitrogen and oxygen atoms in total. The van der Waals surface area contributed by atoms with Crippen molar-refractivity contribution in [1.29, 1.82) is 0 Å². The number of rotatable bonds is 6. The van der Waals surface area contributed by atoms with E-state index < -0.39 is 6.10 Å². The van der Waals surface area contributed by atoms with Gasteiger partial charge in [0.2, 0.25) is 5.91 Å². The molecule has 0 aromatic carbocycles. The fourth-order valence-electron chi connectivity index (χ4n) is 1.99. The van der Waals surface area contributed by atoms with Gasteiger partial charge < -0.3 is 10.4 Å². The molecule has 2 aromatic rings. The maximum absolute atomic E-state index is 11.8. The standard InChI is InChI=1S/C14H16N2O2S2/c17-11(9-3-4-9)7-15-13(18)6-10-8-20-14(16-10)12-2-1-5-19-12/h1-2,5,8-9,11,17H,3-4,6-7H2,(H,15,18). The Labute approximate surface area is 125 Å². The zero-order valence-corrected chi connectivity index (χ0v) is 12.5. The molecule has 1 fully saturated rings. The highest BCUT2D eigenvalue weighted by Gasteiger charge is 2.29. The van der Waals surface area contributed by atoms with E-state index in [1.54, 1.807) is 22.7 Å². The van der Waals surface area contributed by atoms with Gasteiger partial charge in [0.25, 0.3) is 0 Å². The summed E-state index contributed by atoms with van der Waals surface area (Å²) in [6.45, 7) is 0.353. The van der Waals surface area contributed by atoms with Gasteiger partial charge in [-0.2, -0.15) is 0 Å². The SMILES string of the molecule is O=C(Cc1csc(-c2cccs2)n1)NCC(O)C1CC1. The van der Waals surface area contributed by atoms with Crippen LogP contribution in [0.5, 0.6) is 0 Å². The Morgan fingerprint density at radius 2 is 2.35 bits per heavy atom. The van der Waals surface area contributed by atoms with Gasteiger partial charge in [-0.15, -0.1) is 22.7 Å². The Kier molecular flexibility index (Phi) is 4.14. The van der Waals surface area contributed by atoms with E-state index in [2.05, 4.69) is 10.3 Å². The molecule has 1 aliphatic rings. The second-order valence-electron chi connectivity index (χ2n) is 5.01. The van der Waals surface area contributed by atoms with Crippen LogP contribution in [0.2, 0.25) is 0 Å². The first-order chi connectivity index (χ1) is 9.72. The Hall–Kier alpha value is -1.24. The summed E-state index contributed by atoms with van der Waals surface area (Å²) in [4.78, 5) is 17.4. The second kappa shape index (κ2) is 6.03. The average molecular weight is 308 g/mol. The average Bonchev–Trinajstić information content (AvgIpc) is 2.96. The van der Waals surface area contributed by atoms with Crippen LogP contribution in [0.4, 0.5) is 0 Å². The van der Waals surface area contributed by atoms with Crippen molar-refractivity contribution in [2.45, 2.75) is 25.4 Å². The van der Waals surface area contributed by atoms with E-state index in [1.165, 1.54) is 0 Å². The van der Waals surface area contributed by atoms with Crippen molar-refractivity contribution in [1.82, 2.24) is 10.3 Å². The summed E-state index contributed by atoms with van der Waals surface area (Å²) in [6.07, 6.45) is 2.04. The van der Waals surface area contributed by atoms with Gasteiger partial charge in [-0.3, -0.25) is 4.79 Å². The van der Waals surface area contributed by atoms with Crippen molar-refractivity contribution >= 4 is 28.6 Å². The van der Waals surface area contributed by atoms with Gasteiger partial charge in [-0.25, -0.2) is 4.98 Å². The van der Waals surface area contributed by atoms with Crippen LogP contribution in [0.25, 0.3) is 9.88 Å². The summed E-state index contributed by atoms with van der Waals surface area (Å²) in [6, 6.07) is 4.02. The molecule has 0 saturated heterocycles. The van der Waals surface area contributed by atoms with Gasteiger partial charge in [-0.05, 0) is 30.2 Å². The van der Waals surface area contributed by atoms with E-state index in [0.29, 0.717) is 12.5 Å². The molecule has 2 aromatic heterocycles. The highest BCUT2D eigenvalue weighted by atomic mass is 32.1. The molecule has 1 amide bonds. The minimum Gasteiger partial charge on any atom is -0.391 e. The van der Waals surface area contributed by atoms with Gasteiger partial charge in [0, 0.05) is 11.9 Å². The molecule has 20 heavy (non-hydrogen) atoms. The van der Waals surface area contributed by atoms with Crippen LogP contribution >= 0.6 is 22.7 Å². The minimum absolute atomic E-state index is 0.0762. The van der Waals surface area contributed by atoms with E-state index in [1.807, 2.05) is 22.9 Å². The number of carbonyl (C=O) groups is 1. The van der Waals surface area contributed by atoms with Crippen LogP contribution in [0.15, 0.2) is 22.9 Å². The molecule has 1 unspecified atom stereocenters. The van der Waals surface area contributed by atoms with Crippen molar-refractivity contribution in [3.63, 3.8) is 0 Å². The molecule has 106 valence electrons. The number of nitrogens with zero attached hydrogens (tertiary/aromatic N) is 1. The number of nitrogens with one attached hydrogen (secondary N) is 1. The number of hydrogen-bond donors (Lipinski definition) is 2. The Morgan fingerprint density at radius 3 is 3.05 bits per heavy atom. The molecule has 3 rings (SSSR count). The zero-order valence-electron chi connectivity index (χ0n) is 10.9. The van der Waals surface area contributed by atoms with Crippen LogP contribution < -0.4 is 5.32 Å². The highest BCUT2D eigenvalue weighted by Crippen LogP contribution is 2.32. The minimum atomic E-state index is -0.393. The molecule has 1 saturated carbocycles. The third-order valence-corrected chi connectivity index (χ3v) is 5.23. The van der Waals surface area contributed by atoms with Crippen LogP contribution in [0, 0.1) is 5.92 Å². The monoisotopic (exact) mass is 308 g/mol. The van der Waals surface area contributed by atoms with Gasteiger partial charge in [0.15, 0.2) is 0 Å². The maximum atomic E-state index is 11.8. The lowest BCUT2D eigenvalue weighted by molar-refractivity contribution is -0.121.